The lowest BCUT2D eigenvalue weighted by molar-refractivity contribution is 0.460. The van der Waals surface area contributed by atoms with Gasteiger partial charge in [0, 0.05) is 28.8 Å². The highest BCUT2D eigenvalue weighted by Gasteiger charge is 2.31. The number of hydrogen-bond acceptors (Lipinski definition) is 9. The third-order valence-electron chi connectivity index (χ3n) is 6.30. The number of piperidine rings is 1. The zero-order chi connectivity index (χ0) is 22.1. The average molecular weight is 476 g/mol. The Labute approximate surface area is 192 Å². The molecule has 2 aromatic rings. The Morgan fingerprint density at radius 1 is 0.906 bits per heavy atom. The molecule has 0 radical (unpaired) electrons. The zero-order valence-electron chi connectivity index (χ0n) is 17.6. The smallest absolute Gasteiger partial charge is 0.239 e. The van der Waals surface area contributed by atoms with Crippen molar-refractivity contribution >= 4 is 21.8 Å². The van der Waals surface area contributed by atoms with Crippen LogP contribution in [-0.4, -0.2) is 39.8 Å². The van der Waals surface area contributed by atoms with Gasteiger partial charge in [0.2, 0.25) is 10.0 Å². The molecule has 3 aliphatic rings. The first-order chi connectivity index (χ1) is 15.5. The number of nitrogens with two attached hydrogens (primary N) is 1. The molecule has 2 aromatic carbocycles. The number of hydrazine groups is 3. The molecule has 11 heteroatoms. The van der Waals surface area contributed by atoms with E-state index >= 15 is 0 Å². The second kappa shape index (κ2) is 9.37. The first kappa shape index (κ1) is 22.3. The van der Waals surface area contributed by atoms with E-state index in [9.17, 15) is 8.42 Å². The molecule has 0 aliphatic carbocycles. The second-order valence-corrected chi connectivity index (χ2v) is 11.3. The normalized spacial score (nSPS) is 21.0. The molecule has 3 fully saturated rings. The number of nitrogens with one attached hydrogen (secondary N) is 6. The molecule has 0 unspecified atom stereocenters. The van der Waals surface area contributed by atoms with Crippen molar-refractivity contribution in [1.29, 1.82) is 0 Å². The standard InChI is InChI=1S/C21H29N7O2S2/c22-32(29,30)20-18(31-16-11-24-12-16)6-5-17(19(20)21-25-27-28-26-21)15-3-1-13(2-4-15)14-7-9-23-10-8-14/h1-6,14,16,21,23-28H,7-12H2,(H2,22,29,30). The summed E-state index contributed by atoms with van der Waals surface area (Å²) in [6, 6.07) is 12.4. The van der Waals surface area contributed by atoms with Crippen LogP contribution in [0.4, 0.5) is 0 Å². The van der Waals surface area contributed by atoms with E-state index in [1.165, 1.54) is 5.56 Å². The number of thioether (sulfide) groups is 1. The van der Waals surface area contributed by atoms with Crippen LogP contribution in [0.5, 0.6) is 0 Å². The van der Waals surface area contributed by atoms with Crippen molar-refractivity contribution < 1.29 is 8.42 Å². The Hall–Kier alpha value is -1.54. The fourth-order valence-electron chi connectivity index (χ4n) is 4.52. The molecule has 3 aliphatic heterocycles. The fraction of sp³-hybridized carbons (Fsp3) is 0.429. The van der Waals surface area contributed by atoms with Gasteiger partial charge in [-0.3, -0.25) is 0 Å². The Morgan fingerprint density at radius 2 is 1.59 bits per heavy atom. The van der Waals surface area contributed by atoms with E-state index < -0.39 is 16.2 Å². The van der Waals surface area contributed by atoms with Gasteiger partial charge >= 0.3 is 0 Å². The predicted molar refractivity (Wildman–Crippen MR) is 126 cm³/mol. The van der Waals surface area contributed by atoms with Gasteiger partial charge in [0.15, 0.2) is 0 Å². The van der Waals surface area contributed by atoms with Crippen LogP contribution >= 0.6 is 11.8 Å². The van der Waals surface area contributed by atoms with Crippen molar-refractivity contribution in [1.82, 2.24) is 32.6 Å². The predicted octanol–water partition coefficient (Wildman–Crippen LogP) is 0.648. The van der Waals surface area contributed by atoms with E-state index in [0.717, 1.165) is 50.1 Å². The van der Waals surface area contributed by atoms with Crippen molar-refractivity contribution in [2.24, 2.45) is 5.14 Å². The molecular formula is C21H29N7O2S2. The van der Waals surface area contributed by atoms with Gasteiger partial charge in [-0.2, -0.15) is 11.1 Å². The van der Waals surface area contributed by atoms with Crippen LogP contribution in [0, 0.1) is 0 Å². The minimum Gasteiger partial charge on any atom is -0.317 e. The molecule has 172 valence electrons. The molecule has 9 nitrogen and oxygen atoms in total. The molecular weight excluding hydrogens is 446 g/mol. The van der Waals surface area contributed by atoms with Gasteiger partial charge in [-0.05, 0) is 54.6 Å². The summed E-state index contributed by atoms with van der Waals surface area (Å²) in [6.45, 7) is 3.80. The summed E-state index contributed by atoms with van der Waals surface area (Å²) in [6.07, 6.45) is 1.80. The van der Waals surface area contributed by atoms with E-state index in [1.54, 1.807) is 11.8 Å². The lowest BCUT2D eigenvalue weighted by atomic mass is 9.88. The van der Waals surface area contributed by atoms with Crippen molar-refractivity contribution in [3.63, 3.8) is 0 Å². The summed E-state index contributed by atoms with van der Waals surface area (Å²) in [7, 11) is -3.97. The molecule has 0 saturated carbocycles. The van der Waals surface area contributed by atoms with Gasteiger partial charge in [0.1, 0.15) is 11.1 Å². The largest absolute Gasteiger partial charge is 0.317 e. The summed E-state index contributed by atoms with van der Waals surface area (Å²) in [5.41, 5.74) is 15.4. The monoisotopic (exact) mass is 475 g/mol. The molecule has 0 aromatic heterocycles. The zero-order valence-corrected chi connectivity index (χ0v) is 19.3. The molecule has 3 saturated heterocycles. The number of sulfonamides is 1. The third-order valence-corrected chi connectivity index (χ3v) is 8.70. The minimum absolute atomic E-state index is 0.171. The van der Waals surface area contributed by atoms with Crippen molar-refractivity contribution in [2.45, 2.75) is 40.0 Å². The van der Waals surface area contributed by atoms with Crippen LogP contribution in [-0.2, 0) is 10.0 Å². The van der Waals surface area contributed by atoms with Crippen LogP contribution in [0.15, 0.2) is 46.2 Å². The minimum atomic E-state index is -3.97. The molecule has 0 bridgehead atoms. The summed E-state index contributed by atoms with van der Waals surface area (Å²) in [5, 5.41) is 12.7. The van der Waals surface area contributed by atoms with Crippen LogP contribution in [0.25, 0.3) is 11.1 Å². The Kier molecular flexibility index (Phi) is 6.52. The summed E-state index contributed by atoms with van der Waals surface area (Å²) >= 11 is 1.56. The van der Waals surface area contributed by atoms with Crippen molar-refractivity contribution in [3.05, 3.63) is 47.5 Å². The van der Waals surface area contributed by atoms with E-state index in [1.807, 2.05) is 12.1 Å². The molecule has 0 amide bonds. The number of benzene rings is 2. The lowest BCUT2D eigenvalue weighted by Crippen LogP contribution is -2.44. The van der Waals surface area contributed by atoms with Gasteiger partial charge in [-0.25, -0.2) is 24.4 Å². The van der Waals surface area contributed by atoms with Crippen molar-refractivity contribution in [2.75, 3.05) is 26.2 Å². The summed E-state index contributed by atoms with van der Waals surface area (Å²) in [4.78, 5) is 0.851. The van der Waals surface area contributed by atoms with Gasteiger partial charge in [-0.1, -0.05) is 30.3 Å². The molecule has 8 N–H and O–H groups in total. The molecule has 32 heavy (non-hydrogen) atoms. The Balaban J connectivity index is 1.58. The highest BCUT2D eigenvalue weighted by Crippen LogP contribution is 2.40. The number of primary sulfonamides is 1. The maximum Gasteiger partial charge on any atom is 0.239 e. The number of hydrogen-bond donors (Lipinski definition) is 7. The first-order valence-corrected chi connectivity index (χ1v) is 13.3. The third kappa shape index (κ3) is 4.58. The SMILES string of the molecule is NS(=O)(=O)c1c(SC2CNC2)ccc(-c2ccc(C3CCNCC3)cc2)c1C1NNNN1. The van der Waals surface area contributed by atoms with E-state index in [4.69, 9.17) is 5.14 Å². The van der Waals surface area contributed by atoms with Crippen LogP contribution < -0.4 is 37.7 Å². The van der Waals surface area contributed by atoms with E-state index in [0.29, 0.717) is 21.6 Å². The van der Waals surface area contributed by atoms with Gasteiger partial charge in [0.25, 0.3) is 0 Å². The Morgan fingerprint density at radius 3 is 2.19 bits per heavy atom. The fourth-order valence-corrected chi connectivity index (χ4v) is 7.02. The first-order valence-electron chi connectivity index (χ1n) is 10.9. The molecule has 3 heterocycles. The Bertz CT molecular complexity index is 1060. The van der Waals surface area contributed by atoms with Gasteiger partial charge in [0.05, 0.1) is 0 Å². The summed E-state index contributed by atoms with van der Waals surface area (Å²) < 4.78 is 25.6. The highest BCUT2D eigenvalue weighted by atomic mass is 32.2. The second-order valence-electron chi connectivity index (χ2n) is 8.42. The van der Waals surface area contributed by atoms with Gasteiger partial charge in [-0.15, -0.1) is 11.8 Å². The van der Waals surface area contributed by atoms with E-state index in [2.05, 4.69) is 56.8 Å². The lowest BCUT2D eigenvalue weighted by Gasteiger charge is -2.28. The quantitative estimate of drug-likeness (QED) is 0.322. The van der Waals surface area contributed by atoms with E-state index in [-0.39, 0.29) is 4.90 Å². The van der Waals surface area contributed by atoms with Gasteiger partial charge < -0.3 is 10.6 Å². The molecule has 5 rings (SSSR count). The average Bonchev–Trinajstić information content (AvgIpc) is 3.30. The topological polar surface area (TPSA) is 132 Å². The maximum absolute atomic E-state index is 12.8. The molecule has 0 atom stereocenters. The van der Waals surface area contributed by atoms with Crippen LogP contribution in [0.2, 0.25) is 0 Å². The van der Waals surface area contributed by atoms with Crippen molar-refractivity contribution in [3.8, 4) is 11.1 Å². The number of rotatable bonds is 6. The summed E-state index contributed by atoms with van der Waals surface area (Å²) in [5.74, 6) is 0.561. The van der Waals surface area contributed by atoms with Crippen LogP contribution in [0.1, 0.15) is 36.1 Å². The highest BCUT2D eigenvalue weighted by molar-refractivity contribution is 8.00. The maximum atomic E-state index is 12.8. The van der Waals surface area contributed by atoms with Crippen LogP contribution in [0.3, 0.4) is 0 Å². The molecule has 0 spiro atoms.